The van der Waals surface area contributed by atoms with Crippen molar-refractivity contribution in [2.45, 2.75) is 20.1 Å². The van der Waals surface area contributed by atoms with Crippen molar-refractivity contribution < 1.29 is 17.9 Å². The fourth-order valence-electron chi connectivity index (χ4n) is 2.22. The fraction of sp³-hybridized carbons (Fsp3) is 0.188. The quantitative estimate of drug-likeness (QED) is 0.717. The summed E-state index contributed by atoms with van der Waals surface area (Å²) in [4.78, 5) is 8.18. The first-order valence-electron chi connectivity index (χ1n) is 7.07. The van der Waals surface area contributed by atoms with Crippen LogP contribution in [0.5, 0.6) is 5.75 Å². The Morgan fingerprint density at radius 3 is 2.71 bits per heavy atom. The van der Waals surface area contributed by atoms with Gasteiger partial charge in [0, 0.05) is 17.5 Å². The summed E-state index contributed by atoms with van der Waals surface area (Å²) in [6.07, 6.45) is 3.21. The molecule has 8 heteroatoms. The molecular weight excluding hydrogens is 321 g/mol. The third-order valence-electron chi connectivity index (χ3n) is 3.27. The minimum Gasteiger partial charge on any atom is -0.432 e. The predicted molar refractivity (Wildman–Crippen MR) is 80.1 cm³/mol. The molecular formula is C16H13F3N4O. The van der Waals surface area contributed by atoms with Gasteiger partial charge in [-0.15, -0.1) is 0 Å². The standard InChI is InChI=1S/C16H13F3N4O/c1-10-6-12(21-9-20-10)8-23-5-4-14(22-23)11-2-3-15(13(17)7-11)24-16(18)19/h2-7,9,16H,8H2,1H3. The first kappa shape index (κ1) is 16.0. The van der Waals surface area contributed by atoms with Gasteiger partial charge in [0.05, 0.1) is 17.9 Å². The lowest BCUT2D eigenvalue weighted by molar-refractivity contribution is -0.0521. The number of benzene rings is 1. The number of rotatable bonds is 5. The molecule has 0 N–H and O–H groups in total. The summed E-state index contributed by atoms with van der Waals surface area (Å²) in [7, 11) is 0. The molecule has 0 aliphatic heterocycles. The van der Waals surface area contributed by atoms with Crippen LogP contribution in [0.4, 0.5) is 13.2 Å². The van der Waals surface area contributed by atoms with Crippen LogP contribution in [0.1, 0.15) is 11.4 Å². The Bertz CT molecular complexity index is 851. The van der Waals surface area contributed by atoms with Crippen LogP contribution in [0.15, 0.2) is 42.9 Å². The van der Waals surface area contributed by atoms with Gasteiger partial charge < -0.3 is 4.74 Å². The van der Waals surface area contributed by atoms with E-state index in [9.17, 15) is 13.2 Å². The summed E-state index contributed by atoms with van der Waals surface area (Å²) in [5.74, 6) is -1.36. The van der Waals surface area contributed by atoms with E-state index in [0.717, 1.165) is 23.5 Å². The summed E-state index contributed by atoms with van der Waals surface area (Å²) in [6.45, 7) is -0.759. The van der Waals surface area contributed by atoms with Crippen LogP contribution in [0.2, 0.25) is 0 Å². The molecule has 24 heavy (non-hydrogen) atoms. The molecule has 0 unspecified atom stereocenters. The van der Waals surface area contributed by atoms with Gasteiger partial charge in [-0.1, -0.05) is 0 Å². The highest BCUT2D eigenvalue weighted by Gasteiger charge is 2.12. The zero-order valence-electron chi connectivity index (χ0n) is 12.7. The summed E-state index contributed by atoms with van der Waals surface area (Å²) >= 11 is 0. The molecule has 0 saturated heterocycles. The molecule has 3 rings (SSSR count). The Morgan fingerprint density at radius 2 is 2.00 bits per heavy atom. The molecule has 0 radical (unpaired) electrons. The van der Waals surface area contributed by atoms with Crippen molar-refractivity contribution in [2.75, 3.05) is 0 Å². The summed E-state index contributed by atoms with van der Waals surface area (Å²) in [6, 6.07) is 7.29. The number of halogens is 3. The van der Waals surface area contributed by atoms with Crippen LogP contribution >= 0.6 is 0 Å². The molecule has 0 saturated carbocycles. The Hall–Kier alpha value is -2.90. The van der Waals surface area contributed by atoms with Gasteiger partial charge in [0.2, 0.25) is 0 Å². The lowest BCUT2D eigenvalue weighted by Crippen LogP contribution is -2.04. The number of alkyl halides is 2. The SMILES string of the molecule is Cc1cc(Cn2ccc(-c3ccc(OC(F)F)c(F)c3)n2)ncn1. The summed E-state index contributed by atoms with van der Waals surface area (Å²) in [5.41, 5.74) is 2.63. The Balaban J connectivity index is 1.79. The van der Waals surface area contributed by atoms with Crippen LogP contribution in [0, 0.1) is 12.7 Å². The number of hydrogen-bond acceptors (Lipinski definition) is 4. The molecule has 0 spiro atoms. The molecule has 0 aliphatic rings. The highest BCUT2D eigenvalue weighted by atomic mass is 19.3. The first-order valence-corrected chi connectivity index (χ1v) is 7.07. The van der Waals surface area contributed by atoms with E-state index in [4.69, 9.17) is 0 Å². The van der Waals surface area contributed by atoms with Crippen LogP contribution in [0.25, 0.3) is 11.3 Å². The average Bonchev–Trinajstić information content (AvgIpc) is 2.97. The van der Waals surface area contributed by atoms with Crippen LogP contribution in [-0.4, -0.2) is 26.4 Å². The monoisotopic (exact) mass is 334 g/mol. The molecule has 2 heterocycles. The van der Waals surface area contributed by atoms with Gasteiger partial charge >= 0.3 is 6.61 Å². The largest absolute Gasteiger partial charge is 0.432 e. The number of aryl methyl sites for hydroxylation is 1. The maximum absolute atomic E-state index is 13.8. The van der Waals surface area contributed by atoms with Crippen LogP contribution in [0.3, 0.4) is 0 Å². The molecule has 124 valence electrons. The molecule has 0 fully saturated rings. The zero-order valence-corrected chi connectivity index (χ0v) is 12.7. The molecule has 0 atom stereocenters. The van der Waals surface area contributed by atoms with Gasteiger partial charge in [-0.05, 0) is 37.3 Å². The molecule has 0 bridgehead atoms. The lowest BCUT2D eigenvalue weighted by atomic mass is 10.1. The highest BCUT2D eigenvalue weighted by molar-refractivity contribution is 5.59. The van der Waals surface area contributed by atoms with Crippen molar-refractivity contribution in [3.8, 4) is 17.0 Å². The minimum atomic E-state index is -3.07. The smallest absolute Gasteiger partial charge is 0.387 e. The van der Waals surface area contributed by atoms with Crippen LogP contribution < -0.4 is 4.74 Å². The number of hydrogen-bond donors (Lipinski definition) is 0. The molecule has 1 aromatic carbocycles. The van der Waals surface area contributed by atoms with E-state index in [1.807, 2.05) is 13.0 Å². The van der Waals surface area contributed by atoms with Gasteiger partial charge in [-0.2, -0.15) is 13.9 Å². The number of ether oxygens (including phenoxy) is 1. The second-order valence-corrected chi connectivity index (χ2v) is 5.07. The summed E-state index contributed by atoms with van der Waals surface area (Å²) in [5, 5.41) is 4.34. The number of aromatic nitrogens is 4. The maximum atomic E-state index is 13.8. The van der Waals surface area contributed by atoms with E-state index in [1.165, 1.54) is 12.4 Å². The average molecular weight is 334 g/mol. The molecule has 0 aliphatic carbocycles. The van der Waals surface area contributed by atoms with Crippen molar-refractivity contribution in [2.24, 2.45) is 0 Å². The second-order valence-electron chi connectivity index (χ2n) is 5.07. The Kier molecular flexibility index (Phi) is 4.45. The van der Waals surface area contributed by atoms with Gasteiger partial charge in [-0.3, -0.25) is 4.68 Å². The van der Waals surface area contributed by atoms with Crippen molar-refractivity contribution in [1.29, 1.82) is 0 Å². The highest BCUT2D eigenvalue weighted by Crippen LogP contribution is 2.25. The van der Waals surface area contributed by atoms with Crippen molar-refractivity contribution in [1.82, 2.24) is 19.7 Å². The van der Waals surface area contributed by atoms with Crippen molar-refractivity contribution in [3.63, 3.8) is 0 Å². The third kappa shape index (κ3) is 3.70. The van der Waals surface area contributed by atoms with E-state index in [1.54, 1.807) is 16.9 Å². The normalized spacial score (nSPS) is 11.0. The van der Waals surface area contributed by atoms with Crippen molar-refractivity contribution in [3.05, 3.63) is 60.1 Å². The predicted octanol–water partition coefficient (Wildman–Crippen LogP) is 3.44. The summed E-state index contributed by atoms with van der Waals surface area (Å²) < 4.78 is 43.8. The van der Waals surface area contributed by atoms with Gasteiger partial charge in [-0.25, -0.2) is 14.4 Å². The van der Waals surface area contributed by atoms with Gasteiger partial charge in [0.25, 0.3) is 0 Å². The van der Waals surface area contributed by atoms with E-state index >= 15 is 0 Å². The Labute approximate surface area is 135 Å². The van der Waals surface area contributed by atoms with E-state index in [-0.39, 0.29) is 0 Å². The first-order chi connectivity index (χ1) is 11.5. The van der Waals surface area contributed by atoms with Crippen LogP contribution in [-0.2, 0) is 6.54 Å². The number of nitrogens with zero attached hydrogens (tertiary/aromatic N) is 4. The third-order valence-corrected chi connectivity index (χ3v) is 3.27. The van der Waals surface area contributed by atoms with Crippen molar-refractivity contribution >= 4 is 0 Å². The van der Waals surface area contributed by atoms with E-state index < -0.39 is 18.2 Å². The molecule has 0 amide bonds. The van der Waals surface area contributed by atoms with E-state index in [2.05, 4.69) is 19.8 Å². The molecule has 5 nitrogen and oxygen atoms in total. The zero-order chi connectivity index (χ0) is 17.1. The van der Waals surface area contributed by atoms with Gasteiger partial charge in [0.1, 0.15) is 6.33 Å². The second kappa shape index (κ2) is 6.69. The Morgan fingerprint density at radius 1 is 1.17 bits per heavy atom. The molecule has 3 aromatic rings. The molecule has 2 aromatic heterocycles. The van der Waals surface area contributed by atoms with E-state index in [0.29, 0.717) is 17.8 Å². The lowest BCUT2D eigenvalue weighted by Gasteiger charge is -2.06. The van der Waals surface area contributed by atoms with Gasteiger partial charge in [0.15, 0.2) is 11.6 Å². The topological polar surface area (TPSA) is 52.8 Å². The minimum absolute atomic E-state index is 0.443. The fourth-order valence-corrected chi connectivity index (χ4v) is 2.22. The maximum Gasteiger partial charge on any atom is 0.387 e.